The Kier molecular flexibility index (Phi) is 8.92. The van der Waals surface area contributed by atoms with Crippen molar-refractivity contribution in [2.45, 2.75) is 64.3 Å². The Hall–Kier alpha value is -0.810. The Labute approximate surface area is 145 Å². The summed E-state index contributed by atoms with van der Waals surface area (Å²) in [6.45, 7) is 3.30. The molecule has 5 nitrogen and oxygen atoms in total. The number of hydrogen-bond acceptors (Lipinski definition) is 3. The highest BCUT2D eigenvalue weighted by molar-refractivity contribution is 5.85. The third kappa shape index (κ3) is 6.30. The van der Waals surface area contributed by atoms with Gasteiger partial charge in [0.25, 0.3) is 0 Å². The zero-order chi connectivity index (χ0) is 15.9. The summed E-state index contributed by atoms with van der Waals surface area (Å²) in [5.41, 5.74) is 5.56. The predicted molar refractivity (Wildman–Crippen MR) is 94.3 cm³/mol. The summed E-state index contributed by atoms with van der Waals surface area (Å²) in [5, 5.41) is 6.19. The van der Waals surface area contributed by atoms with Crippen LogP contribution in [0.25, 0.3) is 0 Å². The molecule has 4 N–H and O–H groups in total. The second kappa shape index (κ2) is 10.1. The molecule has 0 aromatic rings. The maximum atomic E-state index is 12.1. The summed E-state index contributed by atoms with van der Waals surface area (Å²) in [5.74, 6) is 1.05. The van der Waals surface area contributed by atoms with Crippen LogP contribution in [-0.4, -0.2) is 30.9 Å². The number of nitrogens with one attached hydrogen (secondary N) is 2. The molecule has 23 heavy (non-hydrogen) atoms. The van der Waals surface area contributed by atoms with Gasteiger partial charge in [-0.05, 0) is 51.0 Å². The van der Waals surface area contributed by atoms with Gasteiger partial charge in [0.2, 0.25) is 11.8 Å². The molecule has 134 valence electrons. The minimum atomic E-state index is 0. The minimum absolute atomic E-state index is 0. The number of carbonyl (C=O) groups is 2. The molecule has 0 saturated heterocycles. The van der Waals surface area contributed by atoms with Crippen LogP contribution in [0.1, 0.15) is 58.3 Å². The average molecular weight is 346 g/mol. The van der Waals surface area contributed by atoms with E-state index in [4.69, 9.17) is 5.73 Å². The SMILES string of the molecule is CC(CN)CNC(=O)C1CCC(NC(=O)C2CCCC2)CC1.Cl. The van der Waals surface area contributed by atoms with Gasteiger partial charge in [0.05, 0.1) is 0 Å². The zero-order valence-electron chi connectivity index (χ0n) is 14.2. The van der Waals surface area contributed by atoms with E-state index in [1.807, 2.05) is 6.92 Å². The second-order valence-electron chi connectivity index (χ2n) is 7.12. The van der Waals surface area contributed by atoms with Gasteiger partial charge in [0, 0.05) is 24.4 Å². The van der Waals surface area contributed by atoms with Gasteiger partial charge >= 0.3 is 0 Å². The average Bonchev–Trinajstić information content (AvgIpc) is 3.07. The van der Waals surface area contributed by atoms with Crippen LogP contribution in [0.5, 0.6) is 0 Å². The summed E-state index contributed by atoms with van der Waals surface area (Å²) in [4.78, 5) is 24.3. The van der Waals surface area contributed by atoms with Gasteiger partial charge in [0.15, 0.2) is 0 Å². The largest absolute Gasteiger partial charge is 0.356 e. The van der Waals surface area contributed by atoms with E-state index in [2.05, 4.69) is 10.6 Å². The van der Waals surface area contributed by atoms with Crippen LogP contribution in [0.3, 0.4) is 0 Å². The number of hydrogen-bond donors (Lipinski definition) is 3. The molecule has 2 aliphatic rings. The minimum Gasteiger partial charge on any atom is -0.356 e. The topological polar surface area (TPSA) is 84.2 Å². The molecule has 2 aliphatic carbocycles. The standard InChI is InChI=1S/C17H31N3O2.ClH/c1-12(10-18)11-19-16(21)14-6-8-15(9-7-14)20-17(22)13-4-2-3-5-13;/h12-15H,2-11,18H2,1H3,(H,19,21)(H,20,22);1H. The number of nitrogens with two attached hydrogens (primary N) is 1. The summed E-state index contributed by atoms with van der Waals surface area (Å²) in [7, 11) is 0. The lowest BCUT2D eigenvalue weighted by molar-refractivity contribution is -0.126. The first kappa shape index (κ1) is 20.2. The Morgan fingerprint density at radius 1 is 1.00 bits per heavy atom. The Morgan fingerprint density at radius 2 is 1.57 bits per heavy atom. The van der Waals surface area contributed by atoms with Crippen LogP contribution in [0.4, 0.5) is 0 Å². The van der Waals surface area contributed by atoms with E-state index in [1.54, 1.807) is 0 Å². The quantitative estimate of drug-likeness (QED) is 0.688. The molecular weight excluding hydrogens is 314 g/mol. The van der Waals surface area contributed by atoms with Crippen molar-refractivity contribution in [3.05, 3.63) is 0 Å². The molecule has 0 spiro atoms. The third-order valence-electron chi connectivity index (χ3n) is 5.20. The van der Waals surface area contributed by atoms with E-state index in [0.717, 1.165) is 38.5 Å². The normalized spacial score (nSPS) is 26.2. The van der Waals surface area contributed by atoms with E-state index in [0.29, 0.717) is 19.0 Å². The van der Waals surface area contributed by atoms with Crippen LogP contribution >= 0.6 is 12.4 Å². The van der Waals surface area contributed by atoms with Gasteiger partial charge in [-0.15, -0.1) is 12.4 Å². The molecule has 6 heteroatoms. The van der Waals surface area contributed by atoms with Gasteiger partial charge < -0.3 is 16.4 Å². The molecule has 2 amide bonds. The molecule has 0 aliphatic heterocycles. The molecule has 1 atom stereocenters. The Balaban J connectivity index is 0.00000264. The molecular formula is C17H32ClN3O2. The van der Waals surface area contributed by atoms with Crippen LogP contribution < -0.4 is 16.4 Å². The maximum Gasteiger partial charge on any atom is 0.223 e. The molecule has 0 aromatic carbocycles. The molecule has 2 rings (SSSR count). The third-order valence-corrected chi connectivity index (χ3v) is 5.20. The van der Waals surface area contributed by atoms with Crippen molar-refractivity contribution >= 4 is 24.2 Å². The summed E-state index contributed by atoms with van der Waals surface area (Å²) < 4.78 is 0. The molecule has 0 aromatic heterocycles. The summed E-state index contributed by atoms with van der Waals surface area (Å²) in [6.07, 6.45) is 8.05. The lowest BCUT2D eigenvalue weighted by atomic mass is 9.85. The van der Waals surface area contributed by atoms with E-state index in [1.165, 1.54) is 12.8 Å². The van der Waals surface area contributed by atoms with Crippen molar-refractivity contribution in [3.8, 4) is 0 Å². The van der Waals surface area contributed by atoms with E-state index in [9.17, 15) is 9.59 Å². The number of carbonyl (C=O) groups excluding carboxylic acids is 2. The number of halogens is 1. The van der Waals surface area contributed by atoms with Gasteiger partial charge in [-0.1, -0.05) is 19.8 Å². The summed E-state index contributed by atoms with van der Waals surface area (Å²) >= 11 is 0. The lowest BCUT2D eigenvalue weighted by Crippen LogP contribution is -2.43. The van der Waals surface area contributed by atoms with Crippen molar-refractivity contribution in [3.63, 3.8) is 0 Å². The van der Waals surface area contributed by atoms with Crippen LogP contribution in [0, 0.1) is 17.8 Å². The molecule has 0 radical (unpaired) electrons. The van der Waals surface area contributed by atoms with Crippen molar-refractivity contribution in [1.82, 2.24) is 10.6 Å². The van der Waals surface area contributed by atoms with Crippen LogP contribution in [-0.2, 0) is 9.59 Å². The van der Waals surface area contributed by atoms with Gasteiger partial charge in [0.1, 0.15) is 0 Å². The van der Waals surface area contributed by atoms with Crippen molar-refractivity contribution < 1.29 is 9.59 Å². The first-order valence-electron chi connectivity index (χ1n) is 8.88. The van der Waals surface area contributed by atoms with E-state index < -0.39 is 0 Å². The fourth-order valence-corrected chi connectivity index (χ4v) is 3.51. The highest BCUT2D eigenvalue weighted by Gasteiger charge is 2.29. The molecule has 1 unspecified atom stereocenters. The molecule has 2 saturated carbocycles. The van der Waals surface area contributed by atoms with Crippen LogP contribution in [0.2, 0.25) is 0 Å². The number of rotatable bonds is 6. The smallest absolute Gasteiger partial charge is 0.223 e. The van der Waals surface area contributed by atoms with Crippen molar-refractivity contribution in [2.75, 3.05) is 13.1 Å². The van der Waals surface area contributed by atoms with Gasteiger partial charge in [-0.2, -0.15) is 0 Å². The zero-order valence-corrected chi connectivity index (χ0v) is 15.0. The van der Waals surface area contributed by atoms with Gasteiger partial charge in [-0.3, -0.25) is 9.59 Å². The van der Waals surface area contributed by atoms with Crippen molar-refractivity contribution in [2.24, 2.45) is 23.5 Å². The van der Waals surface area contributed by atoms with E-state index in [-0.39, 0.29) is 42.1 Å². The maximum absolute atomic E-state index is 12.1. The first-order chi connectivity index (χ1) is 10.6. The summed E-state index contributed by atoms with van der Waals surface area (Å²) in [6, 6.07) is 0.264. The van der Waals surface area contributed by atoms with Gasteiger partial charge in [-0.25, -0.2) is 0 Å². The van der Waals surface area contributed by atoms with Crippen LogP contribution in [0.15, 0.2) is 0 Å². The monoisotopic (exact) mass is 345 g/mol. The highest BCUT2D eigenvalue weighted by atomic mass is 35.5. The highest BCUT2D eigenvalue weighted by Crippen LogP contribution is 2.27. The number of amides is 2. The Bertz CT molecular complexity index is 378. The molecule has 0 bridgehead atoms. The fourth-order valence-electron chi connectivity index (χ4n) is 3.51. The second-order valence-corrected chi connectivity index (χ2v) is 7.12. The predicted octanol–water partition coefficient (Wildman–Crippen LogP) is 1.98. The van der Waals surface area contributed by atoms with Crippen molar-refractivity contribution in [1.29, 1.82) is 0 Å². The first-order valence-corrected chi connectivity index (χ1v) is 8.88. The molecule has 2 fully saturated rings. The lowest BCUT2D eigenvalue weighted by Gasteiger charge is -2.29. The molecule has 0 heterocycles. The Morgan fingerprint density at radius 3 is 2.13 bits per heavy atom. The fraction of sp³-hybridized carbons (Fsp3) is 0.882. The van der Waals surface area contributed by atoms with E-state index >= 15 is 0 Å².